The summed E-state index contributed by atoms with van der Waals surface area (Å²) in [6, 6.07) is 6.77. The Kier molecular flexibility index (Phi) is 2.26. The lowest BCUT2D eigenvalue weighted by Crippen LogP contribution is -2.01. The molecule has 0 amide bonds. The molecule has 0 unspecified atom stereocenters. The van der Waals surface area contributed by atoms with Gasteiger partial charge in [-0.15, -0.1) is 0 Å². The predicted octanol–water partition coefficient (Wildman–Crippen LogP) is 1.98. The summed E-state index contributed by atoms with van der Waals surface area (Å²) in [5.41, 5.74) is 2.61. The molecule has 2 heterocycles. The summed E-state index contributed by atoms with van der Waals surface area (Å²) in [6.07, 6.45) is 2.58. The van der Waals surface area contributed by atoms with E-state index in [1.807, 2.05) is 0 Å². The number of hydrogen-bond acceptors (Lipinski definition) is 5. The van der Waals surface area contributed by atoms with E-state index in [2.05, 4.69) is 15.0 Å². The van der Waals surface area contributed by atoms with Crippen molar-refractivity contribution in [3.05, 3.63) is 42.7 Å². The monoisotopic (exact) mass is 241 g/mol. The second-order valence-electron chi connectivity index (χ2n) is 3.63. The Balaban J connectivity index is 2.13. The normalized spacial score (nSPS) is 10.7. The van der Waals surface area contributed by atoms with Gasteiger partial charge in [0.05, 0.1) is 5.69 Å². The van der Waals surface area contributed by atoms with Crippen LogP contribution in [0, 0.1) is 0 Å². The molecule has 88 valence electrons. The van der Waals surface area contributed by atoms with Crippen LogP contribution in [0.3, 0.4) is 0 Å². The largest absolute Gasteiger partial charge is 0.477 e. The Bertz CT molecular complexity index is 736. The Labute approximate surface area is 101 Å². The minimum Gasteiger partial charge on any atom is -0.477 e. The first-order valence-electron chi connectivity index (χ1n) is 5.13. The minimum atomic E-state index is -1.08. The SMILES string of the molecule is O=C(O)c1cc(-c2ccc3ncoc3c2)ncn1. The number of aromatic carboxylic acids is 1. The van der Waals surface area contributed by atoms with Crippen molar-refractivity contribution >= 4 is 17.1 Å². The molecule has 0 radical (unpaired) electrons. The molecule has 0 bridgehead atoms. The van der Waals surface area contributed by atoms with Crippen LogP contribution in [-0.2, 0) is 0 Å². The van der Waals surface area contributed by atoms with Gasteiger partial charge in [0.2, 0.25) is 0 Å². The average Bonchev–Trinajstić information content (AvgIpc) is 2.86. The predicted molar refractivity (Wildman–Crippen MR) is 62.0 cm³/mol. The minimum absolute atomic E-state index is 0.0438. The van der Waals surface area contributed by atoms with Gasteiger partial charge >= 0.3 is 5.97 Å². The zero-order valence-electron chi connectivity index (χ0n) is 9.07. The fourth-order valence-electron chi connectivity index (χ4n) is 1.65. The van der Waals surface area contributed by atoms with Gasteiger partial charge in [0.25, 0.3) is 0 Å². The summed E-state index contributed by atoms with van der Waals surface area (Å²) in [7, 11) is 0. The first-order valence-corrected chi connectivity index (χ1v) is 5.13. The molecule has 3 aromatic rings. The van der Waals surface area contributed by atoms with Gasteiger partial charge in [-0.3, -0.25) is 0 Å². The number of oxazole rings is 1. The molecule has 0 fully saturated rings. The summed E-state index contributed by atoms with van der Waals surface area (Å²) in [4.78, 5) is 22.6. The molecule has 0 spiro atoms. The molecule has 6 heteroatoms. The van der Waals surface area contributed by atoms with Crippen molar-refractivity contribution in [2.75, 3.05) is 0 Å². The van der Waals surface area contributed by atoms with E-state index in [1.54, 1.807) is 18.2 Å². The topological polar surface area (TPSA) is 89.1 Å². The van der Waals surface area contributed by atoms with Crippen molar-refractivity contribution in [3.63, 3.8) is 0 Å². The highest BCUT2D eigenvalue weighted by molar-refractivity contribution is 5.87. The van der Waals surface area contributed by atoms with Gasteiger partial charge in [-0.25, -0.2) is 19.7 Å². The second-order valence-corrected chi connectivity index (χ2v) is 3.63. The van der Waals surface area contributed by atoms with E-state index in [4.69, 9.17) is 9.52 Å². The number of carboxylic acids is 1. The van der Waals surface area contributed by atoms with Crippen LogP contribution in [0.2, 0.25) is 0 Å². The third-order valence-electron chi connectivity index (χ3n) is 2.51. The summed E-state index contributed by atoms with van der Waals surface area (Å²) >= 11 is 0. The molecule has 0 saturated carbocycles. The van der Waals surface area contributed by atoms with Crippen LogP contribution in [0.5, 0.6) is 0 Å². The molecule has 0 aliphatic heterocycles. The summed E-state index contributed by atoms with van der Waals surface area (Å²) in [5.74, 6) is -1.08. The first-order chi connectivity index (χ1) is 8.74. The Morgan fingerprint density at radius 2 is 2.06 bits per heavy atom. The number of rotatable bonds is 2. The van der Waals surface area contributed by atoms with Gasteiger partial charge in [-0.2, -0.15) is 0 Å². The molecule has 1 aromatic carbocycles. The highest BCUT2D eigenvalue weighted by Crippen LogP contribution is 2.22. The van der Waals surface area contributed by atoms with Gasteiger partial charge in [0.15, 0.2) is 17.7 Å². The number of aromatic nitrogens is 3. The number of hydrogen-bond donors (Lipinski definition) is 1. The van der Waals surface area contributed by atoms with Crippen LogP contribution in [0.15, 0.2) is 41.4 Å². The van der Waals surface area contributed by atoms with Gasteiger partial charge in [0, 0.05) is 5.56 Å². The zero-order chi connectivity index (χ0) is 12.5. The zero-order valence-corrected chi connectivity index (χ0v) is 9.07. The molecule has 18 heavy (non-hydrogen) atoms. The quantitative estimate of drug-likeness (QED) is 0.737. The van der Waals surface area contributed by atoms with Crippen molar-refractivity contribution in [3.8, 4) is 11.3 Å². The summed E-state index contributed by atoms with van der Waals surface area (Å²) in [5, 5.41) is 8.88. The van der Waals surface area contributed by atoms with E-state index < -0.39 is 5.97 Å². The summed E-state index contributed by atoms with van der Waals surface area (Å²) in [6.45, 7) is 0. The van der Waals surface area contributed by atoms with Crippen molar-refractivity contribution in [2.24, 2.45) is 0 Å². The van der Waals surface area contributed by atoms with E-state index in [1.165, 1.54) is 18.8 Å². The maximum Gasteiger partial charge on any atom is 0.354 e. The second kappa shape index (κ2) is 3.92. The van der Waals surface area contributed by atoms with E-state index in [9.17, 15) is 4.79 Å². The van der Waals surface area contributed by atoms with Gasteiger partial charge in [-0.1, -0.05) is 6.07 Å². The van der Waals surface area contributed by atoms with Crippen molar-refractivity contribution < 1.29 is 14.3 Å². The number of benzene rings is 1. The van der Waals surface area contributed by atoms with Crippen molar-refractivity contribution in [1.82, 2.24) is 15.0 Å². The fourth-order valence-corrected chi connectivity index (χ4v) is 1.65. The standard InChI is InChI=1S/C12H7N3O3/c16-12(17)10-4-9(13-5-14-10)7-1-2-8-11(3-7)18-6-15-8/h1-6H,(H,16,17). The fraction of sp³-hybridized carbons (Fsp3) is 0. The highest BCUT2D eigenvalue weighted by atomic mass is 16.4. The molecule has 6 nitrogen and oxygen atoms in total. The molecule has 0 saturated heterocycles. The Morgan fingerprint density at radius 1 is 1.17 bits per heavy atom. The molecule has 0 atom stereocenters. The van der Waals surface area contributed by atoms with E-state index in [0.29, 0.717) is 11.3 Å². The molecular formula is C12H7N3O3. The van der Waals surface area contributed by atoms with Crippen LogP contribution < -0.4 is 0 Å². The lowest BCUT2D eigenvalue weighted by Gasteiger charge is -2.00. The van der Waals surface area contributed by atoms with Gasteiger partial charge in [-0.05, 0) is 18.2 Å². The molecule has 3 rings (SSSR count). The van der Waals surface area contributed by atoms with E-state index >= 15 is 0 Å². The van der Waals surface area contributed by atoms with Gasteiger partial charge < -0.3 is 9.52 Å². The van der Waals surface area contributed by atoms with Crippen LogP contribution in [-0.4, -0.2) is 26.0 Å². The molecule has 0 aliphatic carbocycles. The maximum absolute atomic E-state index is 10.8. The van der Waals surface area contributed by atoms with Crippen LogP contribution in [0.25, 0.3) is 22.4 Å². The van der Waals surface area contributed by atoms with Crippen LogP contribution in [0.1, 0.15) is 10.5 Å². The van der Waals surface area contributed by atoms with Crippen LogP contribution in [0.4, 0.5) is 0 Å². The third kappa shape index (κ3) is 1.69. The number of carboxylic acid groups (broad SMARTS) is 1. The van der Waals surface area contributed by atoms with E-state index in [0.717, 1.165) is 11.1 Å². The lowest BCUT2D eigenvalue weighted by molar-refractivity contribution is 0.0690. The van der Waals surface area contributed by atoms with Crippen molar-refractivity contribution in [1.29, 1.82) is 0 Å². The molecule has 0 aliphatic rings. The Hall–Kier alpha value is -2.76. The number of fused-ring (bicyclic) bond motifs is 1. The van der Waals surface area contributed by atoms with Crippen molar-refractivity contribution in [2.45, 2.75) is 0 Å². The van der Waals surface area contributed by atoms with Gasteiger partial charge in [0.1, 0.15) is 11.8 Å². The highest BCUT2D eigenvalue weighted by Gasteiger charge is 2.08. The van der Waals surface area contributed by atoms with Crippen LogP contribution >= 0.6 is 0 Å². The molecule has 2 aromatic heterocycles. The third-order valence-corrected chi connectivity index (χ3v) is 2.51. The Morgan fingerprint density at radius 3 is 2.89 bits per heavy atom. The number of carbonyl (C=O) groups is 1. The lowest BCUT2D eigenvalue weighted by atomic mass is 10.1. The van der Waals surface area contributed by atoms with E-state index in [-0.39, 0.29) is 5.69 Å². The molecule has 1 N–H and O–H groups in total. The average molecular weight is 241 g/mol. The summed E-state index contributed by atoms with van der Waals surface area (Å²) < 4.78 is 5.19. The number of nitrogens with zero attached hydrogens (tertiary/aromatic N) is 3. The molecular weight excluding hydrogens is 234 g/mol. The smallest absolute Gasteiger partial charge is 0.354 e. The first kappa shape index (κ1) is 10.4. The maximum atomic E-state index is 10.8.